The zero-order valence-corrected chi connectivity index (χ0v) is 13.3. The molecule has 0 bridgehead atoms. The van der Waals surface area contributed by atoms with Crippen LogP contribution in [0, 0.1) is 0 Å². The van der Waals surface area contributed by atoms with Gasteiger partial charge in [-0.05, 0) is 26.8 Å². The van der Waals surface area contributed by atoms with Crippen molar-refractivity contribution in [3.8, 4) is 10.6 Å². The summed E-state index contributed by atoms with van der Waals surface area (Å²) in [4.78, 5) is 16.4. The van der Waals surface area contributed by atoms with E-state index in [0.717, 1.165) is 16.3 Å². The first-order valence-electron chi connectivity index (χ1n) is 6.35. The topological polar surface area (TPSA) is 42.0 Å². The minimum atomic E-state index is -0.224. The molecule has 0 fully saturated rings. The average Bonchev–Trinajstić information content (AvgIpc) is 2.75. The van der Waals surface area contributed by atoms with Crippen LogP contribution in [-0.4, -0.2) is 16.4 Å². The Kier molecular flexibility index (Phi) is 4.45. The molecule has 5 heteroatoms. The summed E-state index contributed by atoms with van der Waals surface area (Å²) in [5.41, 5.74) is 1.45. The Balaban J connectivity index is 2.10. The summed E-state index contributed by atoms with van der Waals surface area (Å²) in [6.07, 6.45) is 0.290. The van der Waals surface area contributed by atoms with Gasteiger partial charge in [-0.2, -0.15) is 0 Å². The molecule has 2 aromatic rings. The van der Waals surface area contributed by atoms with Crippen molar-refractivity contribution >= 4 is 28.8 Å². The maximum Gasteiger partial charge on any atom is 0.226 e. The molecule has 0 radical (unpaired) electrons. The molecule has 0 aliphatic rings. The first-order chi connectivity index (χ1) is 9.35. The van der Waals surface area contributed by atoms with Crippen molar-refractivity contribution in [1.82, 2.24) is 10.3 Å². The van der Waals surface area contributed by atoms with E-state index in [1.807, 2.05) is 50.4 Å². The first kappa shape index (κ1) is 15.0. The van der Waals surface area contributed by atoms with E-state index in [2.05, 4.69) is 10.3 Å². The van der Waals surface area contributed by atoms with Gasteiger partial charge in [0.15, 0.2) is 0 Å². The van der Waals surface area contributed by atoms with Crippen LogP contribution in [0.5, 0.6) is 0 Å². The Hall–Kier alpha value is -1.39. The molecule has 0 atom stereocenters. The maximum absolute atomic E-state index is 11.9. The summed E-state index contributed by atoms with van der Waals surface area (Å²) in [6, 6.07) is 7.58. The molecule has 0 aliphatic heterocycles. The van der Waals surface area contributed by atoms with Gasteiger partial charge in [0, 0.05) is 16.5 Å². The highest BCUT2D eigenvalue weighted by molar-refractivity contribution is 7.13. The van der Waals surface area contributed by atoms with Crippen molar-refractivity contribution in [2.75, 3.05) is 0 Å². The molecule has 1 aromatic carbocycles. The summed E-state index contributed by atoms with van der Waals surface area (Å²) in [7, 11) is 0. The van der Waals surface area contributed by atoms with Gasteiger partial charge in [-0.25, -0.2) is 4.98 Å². The van der Waals surface area contributed by atoms with Crippen LogP contribution < -0.4 is 5.32 Å². The van der Waals surface area contributed by atoms with Gasteiger partial charge >= 0.3 is 0 Å². The molecule has 3 nitrogen and oxygen atoms in total. The van der Waals surface area contributed by atoms with Crippen LogP contribution in [0.1, 0.15) is 26.5 Å². The fourth-order valence-corrected chi connectivity index (χ4v) is 2.91. The molecule has 1 amide bonds. The van der Waals surface area contributed by atoms with E-state index in [-0.39, 0.29) is 17.9 Å². The molecule has 0 saturated heterocycles. The summed E-state index contributed by atoms with van der Waals surface area (Å²) in [5.74, 6) is -0.0199. The minimum absolute atomic E-state index is 0.0199. The predicted octanol–water partition coefficient (Wildman–Crippen LogP) is 3.92. The predicted molar refractivity (Wildman–Crippen MR) is 84.2 cm³/mol. The Bertz CT molecular complexity index is 616. The fourth-order valence-electron chi connectivity index (χ4n) is 1.77. The van der Waals surface area contributed by atoms with E-state index in [4.69, 9.17) is 11.6 Å². The van der Waals surface area contributed by atoms with Gasteiger partial charge in [0.05, 0.1) is 17.1 Å². The molecule has 2 rings (SSSR count). The third kappa shape index (κ3) is 4.05. The average molecular weight is 309 g/mol. The summed E-state index contributed by atoms with van der Waals surface area (Å²) in [5, 5.41) is 6.35. The van der Waals surface area contributed by atoms with Gasteiger partial charge in [-0.15, -0.1) is 11.3 Å². The van der Waals surface area contributed by atoms with Crippen molar-refractivity contribution in [3.05, 3.63) is 40.4 Å². The number of carbonyl (C=O) groups is 1. The summed E-state index contributed by atoms with van der Waals surface area (Å²) >= 11 is 7.65. The van der Waals surface area contributed by atoms with Gasteiger partial charge < -0.3 is 5.32 Å². The third-order valence-electron chi connectivity index (χ3n) is 2.51. The van der Waals surface area contributed by atoms with Gasteiger partial charge in [-0.1, -0.05) is 29.8 Å². The van der Waals surface area contributed by atoms with Crippen molar-refractivity contribution in [2.24, 2.45) is 0 Å². The monoisotopic (exact) mass is 308 g/mol. The van der Waals surface area contributed by atoms with E-state index in [9.17, 15) is 4.79 Å². The van der Waals surface area contributed by atoms with Gasteiger partial charge in [0.2, 0.25) is 5.91 Å². The number of halogens is 1. The number of carbonyl (C=O) groups excluding carboxylic acids is 1. The summed E-state index contributed by atoms with van der Waals surface area (Å²) in [6.45, 7) is 5.88. The fraction of sp³-hybridized carbons (Fsp3) is 0.333. The minimum Gasteiger partial charge on any atom is -0.351 e. The van der Waals surface area contributed by atoms with E-state index in [0.29, 0.717) is 5.02 Å². The van der Waals surface area contributed by atoms with Crippen LogP contribution >= 0.6 is 22.9 Å². The molecule has 0 unspecified atom stereocenters. The molecule has 1 heterocycles. The Labute approximate surface area is 128 Å². The van der Waals surface area contributed by atoms with Crippen LogP contribution in [0.4, 0.5) is 0 Å². The van der Waals surface area contributed by atoms with Crippen LogP contribution in [0.15, 0.2) is 29.6 Å². The normalized spacial score (nSPS) is 11.4. The Morgan fingerprint density at radius 3 is 2.70 bits per heavy atom. The lowest BCUT2D eigenvalue weighted by Crippen LogP contribution is -2.41. The number of nitrogens with one attached hydrogen (secondary N) is 1. The van der Waals surface area contributed by atoms with E-state index < -0.39 is 0 Å². The van der Waals surface area contributed by atoms with Crippen molar-refractivity contribution in [1.29, 1.82) is 0 Å². The molecular formula is C15H17ClN2OS. The third-order valence-corrected chi connectivity index (χ3v) is 3.77. The largest absolute Gasteiger partial charge is 0.351 e. The molecule has 0 spiro atoms. The molecule has 1 N–H and O–H groups in total. The van der Waals surface area contributed by atoms with Crippen molar-refractivity contribution in [2.45, 2.75) is 32.7 Å². The second-order valence-electron chi connectivity index (χ2n) is 5.60. The number of aromatic nitrogens is 1. The van der Waals surface area contributed by atoms with Crippen molar-refractivity contribution in [3.63, 3.8) is 0 Å². The van der Waals surface area contributed by atoms with Crippen LogP contribution in [-0.2, 0) is 11.2 Å². The van der Waals surface area contributed by atoms with E-state index in [1.165, 1.54) is 11.3 Å². The zero-order valence-electron chi connectivity index (χ0n) is 11.7. The van der Waals surface area contributed by atoms with Crippen LogP contribution in [0.25, 0.3) is 10.6 Å². The highest BCUT2D eigenvalue weighted by Crippen LogP contribution is 2.30. The molecular weight excluding hydrogens is 292 g/mol. The molecule has 0 saturated carbocycles. The molecule has 106 valence electrons. The van der Waals surface area contributed by atoms with Crippen LogP contribution in [0.3, 0.4) is 0 Å². The van der Waals surface area contributed by atoms with Gasteiger partial charge in [0.25, 0.3) is 0 Å². The Morgan fingerprint density at radius 2 is 2.05 bits per heavy atom. The lowest BCUT2D eigenvalue weighted by Gasteiger charge is -2.20. The highest BCUT2D eigenvalue weighted by Gasteiger charge is 2.16. The van der Waals surface area contributed by atoms with E-state index >= 15 is 0 Å². The molecule has 0 aliphatic carbocycles. The second-order valence-corrected chi connectivity index (χ2v) is 6.86. The first-order valence-corrected chi connectivity index (χ1v) is 7.61. The lowest BCUT2D eigenvalue weighted by atomic mass is 10.1. The number of hydrogen-bond donors (Lipinski definition) is 1. The zero-order chi connectivity index (χ0) is 14.8. The second kappa shape index (κ2) is 5.94. The number of rotatable bonds is 3. The SMILES string of the molecule is CC(C)(C)NC(=O)Cc1csc(-c2ccccc2Cl)n1. The maximum atomic E-state index is 11.9. The van der Waals surface area contributed by atoms with Crippen molar-refractivity contribution < 1.29 is 4.79 Å². The summed E-state index contributed by atoms with van der Waals surface area (Å²) < 4.78 is 0. The quantitative estimate of drug-likeness (QED) is 0.933. The van der Waals surface area contributed by atoms with E-state index in [1.54, 1.807) is 0 Å². The molecule has 20 heavy (non-hydrogen) atoms. The van der Waals surface area contributed by atoms with Gasteiger partial charge in [-0.3, -0.25) is 4.79 Å². The molecule has 1 aromatic heterocycles. The number of benzene rings is 1. The smallest absolute Gasteiger partial charge is 0.226 e. The van der Waals surface area contributed by atoms with Gasteiger partial charge in [0.1, 0.15) is 5.01 Å². The lowest BCUT2D eigenvalue weighted by molar-refractivity contribution is -0.121. The standard InChI is InChI=1S/C15H17ClN2OS/c1-15(2,3)18-13(19)8-10-9-20-14(17-10)11-6-4-5-7-12(11)16/h4-7,9H,8H2,1-3H3,(H,18,19). The highest BCUT2D eigenvalue weighted by atomic mass is 35.5. The van der Waals surface area contributed by atoms with Crippen LogP contribution in [0.2, 0.25) is 5.02 Å². The number of nitrogens with zero attached hydrogens (tertiary/aromatic N) is 1. The number of amides is 1. The Morgan fingerprint density at radius 1 is 1.35 bits per heavy atom. The number of thiazole rings is 1. The number of hydrogen-bond acceptors (Lipinski definition) is 3.